The number of pyridine rings is 1. The first-order chi connectivity index (χ1) is 17.7. The molecule has 0 spiro atoms. The number of aromatic nitrogens is 3. The summed E-state index contributed by atoms with van der Waals surface area (Å²) < 4.78 is 38.8. The molecule has 7 nitrogen and oxygen atoms in total. The maximum absolute atomic E-state index is 13.1. The van der Waals surface area contributed by atoms with Crippen LogP contribution in [-0.2, 0) is 12.7 Å². The summed E-state index contributed by atoms with van der Waals surface area (Å²) in [6.07, 6.45) is -0.390. The fraction of sp³-hybridized carbons (Fsp3) is 0.385. The van der Waals surface area contributed by atoms with Crippen LogP contribution >= 0.6 is 11.8 Å². The average Bonchev–Trinajstić information content (AvgIpc) is 2.91. The first-order valence-electron chi connectivity index (χ1n) is 12.0. The van der Waals surface area contributed by atoms with Crippen LogP contribution in [0.5, 0.6) is 0 Å². The summed E-state index contributed by atoms with van der Waals surface area (Å²) >= 11 is 1.65. The van der Waals surface area contributed by atoms with Gasteiger partial charge in [-0.2, -0.15) is 13.2 Å². The van der Waals surface area contributed by atoms with Crippen molar-refractivity contribution >= 4 is 23.6 Å². The lowest BCUT2D eigenvalue weighted by Gasteiger charge is -2.34. The third-order valence-corrected chi connectivity index (χ3v) is 7.17. The molecule has 3 heterocycles. The van der Waals surface area contributed by atoms with E-state index in [0.29, 0.717) is 24.3 Å². The molecule has 1 aromatic carbocycles. The minimum atomic E-state index is -4.50. The van der Waals surface area contributed by atoms with Crippen LogP contribution in [-0.4, -0.2) is 44.9 Å². The summed E-state index contributed by atoms with van der Waals surface area (Å²) in [5, 5.41) is 12.7. The van der Waals surface area contributed by atoms with Crippen LogP contribution in [0.1, 0.15) is 65.0 Å². The van der Waals surface area contributed by atoms with Gasteiger partial charge in [0.25, 0.3) is 5.91 Å². The molecule has 2 atom stereocenters. The highest BCUT2D eigenvalue weighted by Gasteiger charge is 2.32. The lowest BCUT2D eigenvalue weighted by molar-refractivity contribution is -0.138. The predicted octanol–water partition coefficient (Wildman–Crippen LogP) is 4.98. The second-order valence-electron chi connectivity index (χ2n) is 8.73. The number of nitrogens with one attached hydrogen (secondary N) is 1. The SMILES string of the molecule is CCSc1ccc(C(CO)NC(=O)c2ccc3c(c2)CN(c2ncc(C(F)(F)F)cn2)CC3CC)nc1. The van der Waals surface area contributed by atoms with Gasteiger partial charge >= 0.3 is 6.18 Å². The van der Waals surface area contributed by atoms with Crippen molar-refractivity contribution in [3.8, 4) is 0 Å². The van der Waals surface area contributed by atoms with Crippen LogP contribution in [0.25, 0.3) is 0 Å². The molecule has 3 aromatic rings. The topological polar surface area (TPSA) is 91.2 Å². The molecular weight excluding hydrogens is 503 g/mol. The Hall–Kier alpha value is -3.18. The fourth-order valence-electron chi connectivity index (χ4n) is 4.35. The lowest BCUT2D eigenvalue weighted by atomic mass is 9.87. The molecule has 0 saturated heterocycles. The number of benzene rings is 1. The molecular formula is C26H28F3N5O2S. The van der Waals surface area contributed by atoms with Crippen molar-refractivity contribution in [3.63, 3.8) is 0 Å². The van der Waals surface area contributed by atoms with Gasteiger partial charge in [0.15, 0.2) is 0 Å². The van der Waals surface area contributed by atoms with Gasteiger partial charge in [-0.1, -0.05) is 19.9 Å². The van der Waals surface area contributed by atoms with Crippen molar-refractivity contribution in [1.29, 1.82) is 0 Å². The highest BCUT2D eigenvalue weighted by molar-refractivity contribution is 7.99. The Bertz CT molecular complexity index is 1220. The van der Waals surface area contributed by atoms with E-state index in [9.17, 15) is 23.1 Å². The number of alkyl halides is 3. The Morgan fingerprint density at radius 3 is 2.51 bits per heavy atom. The highest BCUT2D eigenvalue weighted by Crippen LogP contribution is 2.34. The normalized spacial score (nSPS) is 16.3. The zero-order chi connectivity index (χ0) is 26.6. The van der Waals surface area contributed by atoms with E-state index in [-0.39, 0.29) is 24.4 Å². The standard InChI is InChI=1S/C26H28F3N5O2S/c1-3-16-13-34(25-31-10-19(11-32-25)26(27,28)29)14-18-9-17(5-7-21(16)18)24(36)33-23(15-35)22-8-6-20(12-30-22)37-4-2/h5-12,16,23,35H,3-4,13-15H2,1-2H3,(H,33,36). The maximum atomic E-state index is 13.1. The molecule has 0 bridgehead atoms. The van der Waals surface area contributed by atoms with E-state index in [1.54, 1.807) is 36.2 Å². The maximum Gasteiger partial charge on any atom is 0.419 e. The van der Waals surface area contributed by atoms with Crippen molar-refractivity contribution in [2.24, 2.45) is 0 Å². The van der Waals surface area contributed by atoms with E-state index in [4.69, 9.17) is 0 Å². The summed E-state index contributed by atoms with van der Waals surface area (Å²) in [5.74, 6) is 0.885. The van der Waals surface area contributed by atoms with Crippen molar-refractivity contribution in [2.45, 2.75) is 49.8 Å². The van der Waals surface area contributed by atoms with Gasteiger partial charge in [0, 0.05) is 48.1 Å². The molecule has 11 heteroatoms. The summed E-state index contributed by atoms with van der Waals surface area (Å²) in [4.78, 5) is 28.2. The van der Waals surface area contributed by atoms with Gasteiger partial charge in [0.2, 0.25) is 5.95 Å². The molecule has 4 rings (SSSR count). The number of thioether (sulfide) groups is 1. The molecule has 1 aliphatic rings. The van der Waals surface area contributed by atoms with Gasteiger partial charge in [-0.25, -0.2) is 9.97 Å². The van der Waals surface area contributed by atoms with Gasteiger partial charge in [0.05, 0.1) is 23.9 Å². The Labute approximate surface area is 217 Å². The van der Waals surface area contributed by atoms with Crippen molar-refractivity contribution < 1.29 is 23.1 Å². The van der Waals surface area contributed by atoms with E-state index >= 15 is 0 Å². The summed E-state index contributed by atoms with van der Waals surface area (Å²) in [6, 6.07) is 8.50. The number of aliphatic hydroxyl groups is 1. The number of rotatable bonds is 8. The molecule has 1 aliphatic heterocycles. The zero-order valence-electron chi connectivity index (χ0n) is 20.5. The zero-order valence-corrected chi connectivity index (χ0v) is 21.3. The largest absolute Gasteiger partial charge is 0.419 e. The van der Waals surface area contributed by atoms with Gasteiger partial charge in [0.1, 0.15) is 0 Å². The van der Waals surface area contributed by atoms with Crippen LogP contribution in [0, 0.1) is 0 Å². The summed E-state index contributed by atoms with van der Waals surface area (Å²) in [7, 11) is 0. The summed E-state index contributed by atoms with van der Waals surface area (Å²) in [6.45, 7) is 4.70. The number of aliphatic hydroxyl groups excluding tert-OH is 1. The minimum Gasteiger partial charge on any atom is -0.394 e. The second-order valence-corrected chi connectivity index (χ2v) is 10.1. The minimum absolute atomic E-state index is 0.112. The van der Waals surface area contributed by atoms with Crippen LogP contribution in [0.3, 0.4) is 0 Å². The van der Waals surface area contributed by atoms with Crippen molar-refractivity contribution in [2.75, 3.05) is 23.8 Å². The lowest BCUT2D eigenvalue weighted by Crippen LogP contribution is -2.35. The molecule has 2 aromatic heterocycles. The quantitative estimate of drug-likeness (QED) is 0.396. The molecule has 2 N–H and O–H groups in total. The van der Waals surface area contributed by atoms with Gasteiger partial charge in [-0.3, -0.25) is 9.78 Å². The van der Waals surface area contributed by atoms with E-state index in [0.717, 1.165) is 40.6 Å². The van der Waals surface area contributed by atoms with Gasteiger partial charge in [-0.05, 0) is 47.6 Å². The molecule has 0 radical (unpaired) electrons. The van der Waals surface area contributed by atoms with Crippen LogP contribution in [0.4, 0.5) is 19.1 Å². The number of amides is 1. The van der Waals surface area contributed by atoms with Crippen LogP contribution in [0.2, 0.25) is 0 Å². The number of hydrogen-bond acceptors (Lipinski definition) is 7. The first-order valence-corrected chi connectivity index (χ1v) is 13.0. The number of hydrogen-bond donors (Lipinski definition) is 2. The first kappa shape index (κ1) is 26.9. The molecule has 1 amide bonds. The monoisotopic (exact) mass is 531 g/mol. The Morgan fingerprint density at radius 2 is 1.92 bits per heavy atom. The number of nitrogens with zero attached hydrogens (tertiary/aromatic N) is 4. The molecule has 196 valence electrons. The summed E-state index contributed by atoms with van der Waals surface area (Å²) in [5.41, 5.74) is 2.05. The van der Waals surface area contributed by atoms with E-state index in [1.807, 2.05) is 30.9 Å². The second kappa shape index (κ2) is 11.5. The van der Waals surface area contributed by atoms with Crippen molar-refractivity contribution in [3.05, 3.63) is 76.9 Å². The third-order valence-electron chi connectivity index (χ3n) is 6.30. The predicted molar refractivity (Wildman–Crippen MR) is 135 cm³/mol. The smallest absolute Gasteiger partial charge is 0.394 e. The molecule has 0 saturated carbocycles. The number of halogens is 3. The molecule has 0 aliphatic carbocycles. The number of carbonyl (C=O) groups is 1. The third kappa shape index (κ3) is 6.22. The Balaban J connectivity index is 1.53. The van der Waals surface area contributed by atoms with Gasteiger partial charge < -0.3 is 15.3 Å². The van der Waals surface area contributed by atoms with Gasteiger partial charge in [-0.15, -0.1) is 11.8 Å². The number of anilines is 1. The Morgan fingerprint density at radius 1 is 1.16 bits per heavy atom. The van der Waals surface area contributed by atoms with Crippen molar-refractivity contribution in [1.82, 2.24) is 20.3 Å². The fourth-order valence-corrected chi connectivity index (χ4v) is 4.98. The van der Waals surface area contributed by atoms with E-state index in [2.05, 4.69) is 20.3 Å². The average molecular weight is 532 g/mol. The number of carbonyl (C=O) groups excluding carboxylic acids is 1. The molecule has 0 fully saturated rings. The molecule has 37 heavy (non-hydrogen) atoms. The Kier molecular flexibility index (Phi) is 8.33. The number of fused-ring (bicyclic) bond motifs is 1. The van der Waals surface area contributed by atoms with E-state index in [1.165, 1.54) is 0 Å². The highest BCUT2D eigenvalue weighted by atomic mass is 32.2. The van der Waals surface area contributed by atoms with Crippen LogP contribution in [0.15, 0.2) is 53.8 Å². The van der Waals surface area contributed by atoms with E-state index < -0.39 is 17.8 Å². The molecule has 2 unspecified atom stereocenters. The van der Waals surface area contributed by atoms with Crippen LogP contribution < -0.4 is 10.2 Å².